The Morgan fingerprint density at radius 2 is 2.09 bits per heavy atom. The molecule has 0 N–H and O–H groups in total. The highest BCUT2D eigenvalue weighted by Crippen LogP contribution is 2.26. The lowest BCUT2D eigenvalue weighted by molar-refractivity contribution is 0.379. The van der Waals surface area contributed by atoms with E-state index in [1.54, 1.807) is 19.1 Å². The van der Waals surface area contributed by atoms with Crippen LogP contribution in [0.25, 0.3) is 10.7 Å². The van der Waals surface area contributed by atoms with E-state index in [0.717, 1.165) is 10.4 Å². The van der Waals surface area contributed by atoms with Crippen molar-refractivity contribution in [3.8, 4) is 10.7 Å². The zero-order valence-corrected chi connectivity index (χ0v) is 13.4. The molecule has 0 spiro atoms. The van der Waals surface area contributed by atoms with Crippen LogP contribution in [-0.2, 0) is 16.6 Å². The second-order valence-corrected chi connectivity index (χ2v) is 7.43. The lowest BCUT2D eigenvalue weighted by atomic mass is 10.2. The molecular formula is C15H13FN2O2S2. The van der Waals surface area contributed by atoms with Crippen molar-refractivity contribution in [3.63, 3.8) is 0 Å². The topological polar surface area (TPSA) is 56.0 Å². The standard InChI is InChI=1S/C15H13FN2O2S2/c1-10(22(19)9-11-4-6-12(16)7-5-11)15-17-14(18-20-15)13-3-2-8-21-13/h2-8,10H,9H2,1H3. The first-order valence-corrected chi connectivity index (χ1v) is 8.89. The summed E-state index contributed by atoms with van der Waals surface area (Å²) in [5, 5.41) is 5.47. The molecule has 0 bridgehead atoms. The van der Waals surface area contributed by atoms with E-state index in [1.165, 1.54) is 23.5 Å². The maximum absolute atomic E-state index is 12.9. The van der Waals surface area contributed by atoms with Crippen molar-refractivity contribution in [1.29, 1.82) is 0 Å². The lowest BCUT2D eigenvalue weighted by Gasteiger charge is -2.06. The van der Waals surface area contributed by atoms with Gasteiger partial charge in [-0.3, -0.25) is 4.21 Å². The van der Waals surface area contributed by atoms with Crippen LogP contribution in [0.15, 0.2) is 46.3 Å². The van der Waals surface area contributed by atoms with Crippen LogP contribution in [0, 0.1) is 5.82 Å². The average molecular weight is 336 g/mol. The Morgan fingerprint density at radius 3 is 2.77 bits per heavy atom. The highest BCUT2D eigenvalue weighted by Gasteiger charge is 2.21. The number of hydrogen-bond acceptors (Lipinski definition) is 5. The van der Waals surface area contributed by atoms with Crippen molar-refractivity contribution >= 4 is 22.1 Å². The van der Waals surface area contributed by atoms with Gasteiger partial charge in [0.15, 0.2) is 0 Å². The van der Waals surface area contributed by atoms with Gasteiger partial charge in [-0.05, 0) is 36.1 Å². The summed E-state index contributed by atoms with van der Waals surface area (Å²) in [6, 6.07) is 9.79. The minimum absolute atomic E-state index is 0.305. The maximum atomic E-state index is 12.9. The van der Waals surface area contributed by atoms with Crippen molar-refractivity contribution in [2.75, 3.05) is 0 Å². The summed E-state index contributed by atoms with van der Waals surface area (Å²) in [7, 11) is -1.22. The third kappa shape index (κ3) is 3.31. The SMILES string of the molecule is CC(c1nc(-c2cccs2)no1)S(=O)Cc1ccc(F)cc1. The highest BCUT2D eigenvalue weighted by atomic mass is 32.2. The van der Waals surface area contributed by atoms with Gasteiger partial charge in [-0.2, -0.15) is 4.98 Å². The molecule has 2 unspecified atom stereocenters. The molecule has 114 valence electrons. The summed E-state index contributed by atoms with van der Waals surface area (Å²) in [4.78, 5) is 5.22. The van der Waals surface area contributed by atoms with Crippen molar-refractivity contribution in [1.82, 2.24) is 10.1 Å². The number of halogens is 1. The molecule has 3 rings (SSSR count). The normalized spacial score (nSPS) is 13.9. The molecule has 1 aromatic carbocycles. The van der Waals surface area contributed by atoms with Gasteiger partial charge in [-0.15, -0.1) is 11.3 Å². The number of hydrogen-bond donors (Lipinski definition) is 0. The molecule has 4 nitrogen and oxygen atoms in total. The maximum Gasteiger partial charge on any atom is 0.242 e. The van der Waals surface area contributed by atoms with E-state index in [4.69, 9.17) is 4.52 Å². The molecule has 2 heterocycles. The van der Waals surface area contributed by atoms with Crippen molar-refractivity contribution in [2.45, 2.75) is 17.9 Å². The van der Waals surface area contributed by atoms with E-state index in [9.17, 15) is 8.60 Å². The summed E-state index contributed by atoms with van der Waals surface area (Å²) in [5.74, 6) is 0.873. The van der Waals surface area contributed by atoms with Gasteiger partial charge in [0, 0.05) is 16.6 Å². The van der Waals surface area contributed by atoms with Crippen LogP contribution in [0.1, 0.15) is 23.6 Å². The molecule has 0 aliphatic heterocycles. The number of benzene rings is 1. The predicted octanol–water partition coefficient (Wildman–Crippen LogP) is 3.95. The second kappa shape index (κ2) is 6.50. The molecule has 7 heteroatoms. The van der Waals surface area contributed by atoms with Gasteiger partial charge in [-0.1, -0.05) is 23.4 Å². The highest BCUT2D eigenvalue weighted by molar-refractivity contribution is 7.84. The average Bonchev–Trinajstić information content (AvgIpc) is 3.19. The van der Waals surface area contributed by atoms with Crippen LogP contribution >= 0.6 is 11.3 Å². The monoisotopic (exact) mass is 336 g/mol. The Bertz CT molecular complexity index is 769. The van der Waals surface area contributed by atoms with E-state index >= 15 is 0 Å². The molecule has 0 saturated heterocycles. The Hall–Kier alpha value is -1.86. The number of aromatic nitrogens is 2. The van der Waals surface area contributed by atoms with Crippen molar-refractivity contribution < 1.29 is 13.1 Å². The molecule has 3 aromatic rings. The van der Waals surface area contributed by atoms with Gasteiger partial charge < -0.3 is 4.52 Å². The Kier molecular flexibility index (Phi) is 4.44. The third-order valence-electron chi connectivity index (χ3n) is 3.15. The summed E-state index contributed by atoms with van der Waals surface area (Å²) in [6.07, 6.45) is 0. The van der Waals surface area contributed by atoms with Crippen LogP contribution in [0.2, 0.25) is 0 Å². The van der Waals surface area contributed by atoms with E-state index in [2.05, 4.69) is 10.1 Å². The summed E-state index contributed by atoms with van der Waals surface area (Å²) in [5.41, 5.74) is 0.810. The van der Waals surface area contributed by atoms with Gasteiger partial charge in [-0.25, -0.2) is 4.39 Å². The smallest absolute Gasteiger partial charge is 0.242 e. The van der Waals surface area contributed by atoms with Crippen LogP contribution in [-0.4, -0.2) is 14.3 Å². The summed E-state index contributed by atoms with van der Waals surface area (Å²) in [6.45, 7) is 1.78. The summed E-state index contributed by atoms with van der Waals surface area (Å²) < 4.78 is 30.5. The molecule has 0 saturated carbocycles. The Balaban J connectivity index is 1.71. The first kappa shape index (κ1) is 15.1. The fourth-order valence-electron chi connectivity index (χ4n) is 1.89. The Labute approximate surface area is 133 Å². The quantitative estimate of drug-likeness (QED) is 0.708. The van der Waals surface area contributed by atoms with Crippen LogP contribution in [0.4, 0.5) is 4.39 Å². The molecular weight excluding hydrogens is 323 g/mol. The molecule has 2 aromatic heterocycles. The van der Waals surface area contributed by atoms with Crippen LogP contribution in [0.5, 0.6) is 0 Å². The Morgan fingerprint density at radius 1 is 1.32 bits per heavy atom. The van der Waals surface area contributed by atoms with Gasteiger partial charge in [0.05, 0.1) is 4.88 Å². The molecule has 22 heavy (non-hydrogen) atoms. The molecule has 2 atom stereocenters. The summed E-state index contributed by atoms with van der Waals surface area (Å²) >= 11 is 1.52. The number of nitrogens with zero attached hydrogens (tertiary/aromatic N) is 2. The van der Waals surface area contributed by atoms with Gasteiger partial charge in [0.1, 0.15) is 11.1 Å². The fourth-order valence-corrected chi connectivity index (χ4v) is 3.63. The van der Waals surface area contributed by atoms with Crippen molar-refractivity contribution in [3.05, 3.63) is 59.0 Å². The zero-order chi connectivity index (χ0) is 15.5. The second-order valence-electron chi connectivity index (χ2n) is 4.73. The molecule has 0 aliphatic carbocycles. The van der Waals surface area contributed by atoms with Gasteiger partial charge >= 0.3 is 0 Å². The first-order chi connectivity index (χ1) is 10.6. The van der Waals surface area contributed by atoms with E-state index in [1.807, 2.05) is 17.5 Å². The molecule has 0 radical (unpaired) electrons. The lowest BCUT2D eigenvalue weighted by Crippen LogP contribution is -2.06. The molecule has 0 amide bonds. The van der Waals surface area contributed by atoms with Crippen LogP contribution < -0.4 is 0 Å². The number of rotatable bonds is 5. The first-order valence-electron chi connectivity index (χ1n) is 6.62. The van der Waals surface area contributed by atoms with E-state index in [0.29, 0.717) is 17.5 Å². The van der Waals surface area contributed by atoms with Crippen molar-refractivity contribution in [2.24, 2.45) is 0 Å². The third-order valence-corrected chi connectivity index (χ3v) is 5.62. The van der Waals surface area contributed by atoms with E-state index < -0.39 is 10.8 Å². The predicted molar refractivity (Wildman–Crippen MR) is 84.3 cm³/mol. The largest absolute Gasteiger partial charge is 0.338 e. The van der Waals surface area contributed by atoms with Gasteiger partial charge in [0.25, 0.3) is 0 Å². The zero-order valence-electron chi connectivity index (χ0n) is 11.7. The van der Waals surface area contributed by atoms with E-state index in [-0.39, 0.29) is 11.1 Å². The molecule has 0 aliphatic rings. The van der Waals surface area contributed by atoms with Crippen LogP contribution in [0.3, 0.4) is 0 Å². The number of thiophene rings is 1. The van der Waals surface area contributed by atoms with Gasteiger partial charge in [0.2, 0.25) is 11.7 Å². The molecule has 0 fully saturated rings. The minimum Gasteiger partial charge on any atom is -0.338 e. The minimum atomic E-state index is -1.22. The fraction of sp³-hybridized carbons (Fsp3) is 0.200.